The third-order valence-electron chi connectivity index (χ3n) is 2.64. The van der Waals surface area contributed by atoms with Gasteiger partial charge in [0.05, 0.1) is 6.21 Å². The van der Waals surface area contributed by atoms with Crippen molar-refractivity contribution in [3.63, 3.8) is 0 Å². The molecule has 0 N–H and O–H groups in total. The third kappa shape index (κ3) is 4.59. The highest BCUT2D eigenvalue weighted by Crippen LogP contribution is 2.15. The van der Waals surface area contributed by atoms with E-state index in [9.17, 15) is 0 Å². The van der Waals surface area contributed by atoms with E-state index in [2.05, 4.69) is 5.10 Å². The molecular weight excluding hydrogens is 272 g/mol. The predicted molar refractivity (Wildman–Crippen MR) is 83.5 cm³/mol. The average Bonchev–Trinajstić information content (AvgIpc) is 2.45. The van der Waals surface area contributed by atoms with E-state index in [1.807, 2.05) is 68.8 Å². The number of ether oxygens (including phenoxy) is 1. The Balaban J connectivity index is 1.92. The molecule has 0 aliphatic rings. The number of hydrogen-bond donors (Lipinski definition) is 0. The third-order valence-corrected chi connectivity index (χ3v) is 2.89. The van der Waals surface area contributed by atoms with E-state index in [0.717, 1.165) is 21.9 Å². The normalized spacial score (nSPS) is 10.8. The molecule has 0 amide bonds. The molecule has 0 saturated carbocycles. The van der Waals surface area contributed by atoms with Crippen LogP contribution in [0.15, 0.2) is 53.6 Å². The largest absolute Gasteiger partial charge is 0.489 e. The first-order valence-electron chi connectivity index (χ1n) is 6.32. The van der Waals surface area contributed by atoms with E-state index in [0.29, 0.717) is 6.61 Å². The molecule has 104 valence electrons. The Kier molecular flexibility index (Phi) is 5.02. The Morgan fingerprint density at radius 1 is 1.05 bits per heavy atom. The summed E-state index contributed by atoms with van der Waals surface area (Å²) in [6, 6.07) is 15.5. The van der Waals surface area contributed by atoms with Gasteiger partial charge in [-0.2, -0.15) is 5.10 Å². The van der Waals surface area contributed by atoms with Crippen LogP contribution in [0.4, 0.5) is 0 Å². The van der Waals surface area contributed by atoms with E-state index in [1.165, 1.54) is 0 Å². The van der Waals surface area contributed by atoms with Gasteiger partial charge in [0, 0.05) is 19.1 Å². The first-order valence-corrected chi connectivity index (χ1v) is 6.70. The Morgan fingerprint density at radius 3 is 2.30 bits per heavy atom. The zero-order chi connectivity index (χ0) is 14.4. The Bertz CT molecular complexity index is 562. The smallest absolute Gasteiger partial charge is 0.119 e. The molecule has 3 nitrogen and oxygen atoms in total. The minimum absolute atomic E-state index is 0.530. The fourth-order valence-corrected chi connectivity index (χ4v) is 1.71. The minimum Gasteiger partial charge on any atom is -0.489 e. The molecule has 0 heterocycles. The van der Waals surface area contributed by atoms with Crippen molar-refractivity contribution in [2.45, 2.75) is 6.61 Å². The van der Waals surface area contributed by atoms with E-state index < -0.39 is 0 Å². The molecule has 0 aliphatic heterocycles. The van der Waals surface area contributed by atoms with Crippen molar-refractivity contribution in [1.82, 2.24) is 5.01 Å². The maximum absolute atomic E-state index is 5.84. The Hall–Kier alpha value is -2.00. The van der Waals surface area contributed by atoms with Gasteiger partial charge in [0.25, 0.3) is 0 Å². The van der Waals surface area contributed by atoms with Gasteiger partial charge in [0.1, 0.15) is 12.4 Å². The van der Waals surface area contributed by atoms with Crippen LogP contribution < -0.4 is 4.74 Å². The van der Waals surface area contributed by atoms with Crippen LogP contribution in [0.25, 0.3) is 0 Å². The topological polar surface area (TPSA) is 24.8 Å². The van der Waals surface area contributed by atoms with Crippen LogP contribution in [0.2, 0.25) is 5.02 Å². The molecule has 2 aromatic carbocycles. The maximum Gasteiger partial charge on any atom is 0.119 e. The standard InChI is InChI=1S/C16H17ClN2O/c1-19(2)18-11-13-5-9-16(10-6-13)20-12-14-3-7-15(17)8-4-14/h3-11H,12H2,1-2H3/b18-11+. The summed E-state index contributed by atoms with van der Waals surface area (Å²) in [7, 11) is 3.78. The summed E-state index contributed by atoms with van der Waals surface area (Å²) in [5.74, 6) is 0.835. The molecule has 0 spiro atoms. The fraction of sp³-hybridized carbons (Fsp3) is 0.188. The lowest BCUT2D eigenvalue weighted by Crippen LogP contribution is -2.01. The molecule has 20 heavy (non-hydrogen) atoms. The summed E-state index contributed by atoms with van der Waals surface area (Å²) >= 11 is 5.84. The van der Waals surface area contributed by atoms with E-state index in [-0.39, 0.29) is 0 Å². The van der Waals surface area contributed by atoms with Gasteiger partial charge < -0.3 is 9.75 Å². The van der Waals surface area contributed by atoms with Crippen molar-refractivity contribution in [3.05, 3.63) is 64.7 Å². The molecule has 0 saturated heterocycles. The van der Waals surface area contributed by atoms with Crippen molar-refractivity contribution >= 4 is 17.8 Å². The summed E-state index contributed by atoms with van der Waals surface area (Å²) in [4.78, 5) is 0. The van der Waals surface area contributed by atoms with Crippen molar-refractivity contribution < 1.29 is 4.74 Å². The van der Waals surface area contributed by atoms with Crippen LogP contribution in [0.1, 0.15) is 11.1 Å². The van der Waals surface area contributed by atoms with Gasteiger partial charge in [0.15, 0.2) is 0 Å². The molecule has 0 aliphatic carbocycles. The molecule has 0 fully saturated rings. The summed E-state index contributed by atoms with van der Waals surface area (Å²) in [5.41, 5.74) is 2.13. The van der Waals surface area contributed by atoms with Gasteiger partial charge in [-0.1, -0.05) is 23.7 Å². The molecule has 0 aromatic heterocycles. The highest BCUT2D eigenvalue weighted by atomic mass is 35.5. The average molecular weight is 289 g/mol. The molecule has 0 atom stereocenters. The first kappa shape index (κ1) is 14.4. The zero-order valence-corrected chi connectivity index (χ0v) is 12.3. The monoisotopic (exact) mass is 288 g/mol. The molecule has 4 heteroatoms. The van der Waals surface area contributed by atoms with Crippen LogP contribution in [0.5, 0.6) is 5.75 Å². The predicted octanol–water partition coefficient (Wildman–Crippen LogP) is 3.81. The molecule has 2 rings (SSSR count). The van der Waals surface area contributed by atoms with Crippen LogP contribution >= 0.6 is 11.6 Å². The van der Waals surface area contributed by atoms with Gasteiger partial charge in [-0.15, -0.1) is 0 Å². The molecule has 0 unspecified atom stereocenters. The summed E-state index contributed by atoms with van der Waals surface area (Å²) in [6.45, 7) is 0.530. The van der Waals surface area contributed by atoms with Crippen molar-refractivity contribution in [2.75, 3.05) is 14.1 Å². The lowest BCUT2D eigenvalue weighted by atomic mass is 10.2. The van der Waals surface area contributed by atoms with Gasteiger partial charge in [-0.05, 0) is 47.5 Å². The molecule has 0 bridgehead atoms. The van der Waals surface area contributed by atoms with E-state index >= 15 is 0 Å². The summed E-state index contributed by atoms with van der Waals surface area (Å²) in [5, 5.41) is 6.67. The number of halogens is 1. The minimum atomic E-state index is 0.530. The number of nitrogens with zero attached hydrogens (tertiary/aromatic N) is 2. The van der Waals surface area contributed by atoms with Crippen LogP contribution in [-0.2, 0) is 6.61 Å². The molecular formula is C16H17ClN2O. The van der Waals surface area contributed by atoms with Crippen molar-refractivity contribution in [2.24, 2.45) is 5.10 Å². The van der Waals surface area contributed by atoms with E-state index in [4.69, 9.17) is 16.3 Å². The van der Waals surface area contributed by atoms with Crippen LogP contribution in [-0.4, -0.2) is 25.3 Å². The second-order valence-electron chi connectivity index (χ2n) is 4.58. The molecule has 0 radical (unpaired) electrons. The van der Waals surface area contributed by atoms with E-state index in [1.54, 1.807) is 5.01 Å². The summed E-state index contributed by atoms with van der Waals surface area (Å²) in [6.07, 6.45) is 1.81. The van der Waals surface area contributed by atoms with Gasteiger partial charge in [0.2, 0.25) is 0 Å². The first-order chi connectivity index (χ1) is 9.63. The highest BCUT2D eigenvalue weighted by Gasteiger charge is 1.97. The zero-order valence-electron chi connectivity index (χ0n) is 11.6. The summed E-state index contributed by atoms with van der Waals surface area (Å²) < 4.78 is 5.71. The lowest BCUT2D eigenvalue weighted by molar-refractivity contribution is 0.306. The SMILES string of the molecule is CN(C)/N=C/c1ccc(OCc2ccc(Cl)cc2)cc1. The van der Waals surface area contributed by atoms with Crippen molar-refractivity contribution in [3.8, 4) is 5.75 Å². The van der Waals surface area contributed by atoms with Gasteiger partial charge in [-0.3, -0.25) is 0 Å². The van der Waals surface area contributed by atoms with Crippen LogP contribution in [0.3, 0.4) is 0 Å². The fourth-order valence-electron chi connectivity index (χ4n) is 1.58. The van der Waals surface area contributed by atoms with Crippen molar-refractivity contribution in [1.29, 1.82) is 0 Å². The Labute approximate surface area is 124 Å². The highest BCUT2D eigenvalue weighted by molar-refractivity contribution is 6.30. The van der Waals surface area contributed by atoms with Crippen LogP contribution in [0, 0.1) is 0 Å². The molecule has 2 aromatic rings. The van der Waals surface area contributed by atoms with Gasteiger partial charge >= 0.3 is 0 Å². The number of benzene rings is 2. The number of hydrogen-bond acceptors (Lipinski definition) is 3. The lowest BCUT2D eigenvalue weighted by Gasteiger charge is -2.07. The number of rotatable bonds is 5. The second-order valence-corrected chi connectivity index (χ2v) is 5.01. The number of hydrazone groups is 1. The maximum atomic E-state index is 5.84. The Morgan fingerprint density at radius 2 is 1.70 bits per heavy atom. The van der Waals surface area contributed by atoms with Gasteiger partial charge in [-0.25, -0.2) is 0 Å². The quantitative estimate of drug-likeness (QED) is 0.617. The second kappa shape index (κ2) is 6.96.